The summed E-state index contributed by atoms with van der Waals surface area (Å²) in [4.78, 5) is 17.4. The van der Waals surface area contributed by atoms with Gasteiger partial charge in [0.1, 0.15) is 5.82 Å². The Balaban J connectivity index is 1.49. The van der Waals surface area contributed by atoms with E-state index in [9.17, 15) is 9.18 Å². The minimum Gasteiger partial charge on any atom is -0.350 e. The van der Waals surface area contributed by atoms with Gasteiger partial charge in [0.15, 0.2) is 0 Å². The Hall–Kier alpha value is -3.96. The lowest BCUT2D eigenvalue weighted by Gasteiger charge is -2.18. The number of hydrogen-bond acceptors (Lipinski definition) is 2. The first-order valence-corrected chi connectivity index (χ1v) is 12.2. The highest BCUT2D eigenvalue weighted by Crippen LogP contribution is 2.36. The second-order valence-electron chi connectivity index (χ2n) is 8.77. The van der Waals surface area contributed by atoms with Crippen molar-refractivity contribution in [3.63, 3.8) is 0 Å². The molecule has 180 valence electrons. The van der Waals surface area contributed by atoms with Crippen molar-refractivity contribution < 1.29 is 9.18 Å². The maximum absolute atomic E-state index is 13.4. The van der Waals surface area contributed by atoms with Crippen molar-refractivity contribution in [1.82, 2.24) is 14.9 Å². The summed E-state index contributed by atoms with van der Waals surface area (Å²) in [5.74, 6) is -0.526. The molecule has 36 heavy (non-hydrogen) atoms. The Morgan fingerprint density at radius 2 is 1.78 bits per heavy atom. The summed E-state index contributed by atoms with van der Waals surface area (Å²) in [7, 11) is 0. The molecular formula is C30H25ClFN3O. The normalized spacial score (nSPS) is 11.9. The lowest BCUT2D eigenvalue weighted by Crippen LogP contribution is -2.25. The first-order valence-electron chi connectivity index (χ1n) is 11.8. The van der Waals surface area contributed by atoms with Crippen LogP contribution in [0.2, 0.25) is 5.02 Å². The number of fused-ring (bicyclic) bond motifs is 1. The highest BCUT2D eigenvalue weighted by Gasteiger charge is 2.23. The van der Waals surface area contributed by atoms with Crippen molar-refractivity contribution in [2.24, 2.45) is 0 Å². The third-order valence-electron chi connectivity index (χ3n) is 6.29. The van der Waals surface area contributed by atoms with Gasteiger partial charge in [0, 0.05) is 47.2 Å². The molecular weight excluding hydrogens is 473 g/mol. The van der Waals surface area contributed by atoms with Crippen LogP contribution in [0.15, 0.2) is 103 Å². The predicted octanol–water partition coefficient (Wildman–Crippen LogP) is 6.72. The second-order valence-corrected chi connectivity index (χ2v) is 9.20. The third kappa shape index (κ3) is 5.47. The fourth-order valence-corrected chi connectivity index (χ4v) is 4.75. The van der Waals surface area contributed by atoms with Crippen LogP contribution < -0.4 is 5.32 Å². The number of pyridine rings is 1. The van der Waals surface area contributed by atoms with E-state index in [0.717, 1.165) is 33.3 Å². The first kappa shape index (κ1) is 23.8. The van der Waals surface area contributed by atoms with Crippen LogP contribution in [-0.4, -0.2) is 15.5 Å². The second kappa shape index (κ2) is 10.8. The fraction of sp³-hybridized carbons (Fsp3) is 0.133. The molecule has 0 radical (unpaired) electrons. The maximum atomic E-state index is 13.4. The molecule has 2 aromatic heterocycles. The number of carbonyl (C=O) groups excluding carboxylic acids is 1. The van der Waals surface area contributed by atoms with E-state index in [1.165, 1.54) is 12.1 Å². The van der Waals surface area contributed by atoms with E-state index in [0.29, 0.717) is 18.1 Å². The third-order valence-corrected chi connectivity index (χ3v) is 6.53. The van der Waals surface area contributed by atoms with Crippen molar-refractivity contribution in [3.05, 3.63) is 137 Å². The molecule has 1 atom stereocenters. The number of nitrogens with one attached hydrogen (secondary N) is 1. The van der Waals surface area contributed by atoms with E-state index < -0.39 is 0 Å². The number of hydrogen-bond donors (Lipinski definition) is 1. The molecule has 0 spiro atoms. The smallest absolute Gasteiger partial charge is 0.221 e. The SMILES string of the molecule is O=C(CC(c1cccc(Cl)c1)c1cn(Cc2ccc(F)cc2)c2ccccc12)NCc1ccccn1. The number of para-hydroxylation sites is 1. The average molecular weight is 498 g/mol. The minimum atomic E-state index is -0.255. The van der Waals surface area contributed by atoms with Crippen LogP contribution in [0.25, 0.3) is 10.9 Å². The molecule has 0 saturated carbocycles. The van der Waals surface area contributed by atoms with Gasteiger partial charge in [-0.2, -0.15) is 0 Å². The zero-order valence-electron chi connectivity index (χ0n) is 19.6. The van der Waals surface area contributed by atoms with Crippen molar-refractivity contribution in [2.75, 3.05) is 0 Å². The Kier molecular flexibility index (Phi) is 7.10. The molecule has 0 aliphatic heterocycles. The standard InChI is InChI=1S/C30H25ClFN3O/c31-23-7-5-6-22(16-23)27(17-30(36)34-18-25-8-3-4-15-33-25)28-20-35(29-10-2-1-9-26(28)29)19-21-11-13-24(32)14-12-21/h1-16,20,27H,17-19H2,(H,34,36). The Morgan fingerprint density at radius 1 is 0.972 bits per heavy atom. The Bertz CT molecular complexity index is 1480. The highest BCUT2D eigenvalue weighted by molar-refractivity contribution is 6.30. The topological polar surface area (TPSA) is 46.9 Å². The molecule has 1 unspecified atom stereocenters. The van der Waals surface area contributed by atoms with Gasteiger partial charge in [0.2, 0.25) is 5.91 Å². The summed E-state index contributed by atoms with van der Waals surface area (Å²) in [6.07, 6.45) is 4.08. The molecule has 0 saturated heterocycles. The molecule has 5 rings (SSSR count). The summed E-state index contributed by atoms with van der Waals surface area (Å²) in [6, 6.07) is 28.0. The number of amides is 1. The Morgan fingerprint density at radius 3 is 2.56 bits per heavy atom. The van der Waals surface area contributed by atoms with Gasteiger partial charge in [-0.1, -0.05) is 60.1 Å². The molecule has 0 fully saturated rings. The fourth-order valence-electron chi connectivity index (χ4n) is 4.55. The van der Waals surface area contributed by atoms with Crippen LogP contribution in [0, 0.1) is 5.82 Å². The number of aromatic nitrogens is 2. The summed E-state index contributed by atoms with van der Waals surface area (Å²) < 4.78 is 15.6. The Labute approximate surface area is 214 Å². The molecule has 1 N–H and O–H groups in total. The lowest BCUT2D eigenvalue weighted by atomic mass is 9.88. The van der Waals surface area contributed by atoms with Gasteiger partial charge < -0.3 is 9.88 Å². The summed E-state index contributed by atoms with van der Waals surface area (Å²) >= 11 is 6.35. The molecule has 5 aromatic rings. The zero-order valence-corrected chi connectivity index (χ0v) is 20.3. The van der Waals surface area contributed by atoms with E-state index in [4.69, 9.17) is 11.6 Å². The van der Waals surface area contributed by atoms with Crippen LogP contribution in [0.1, 0.15) is 34.7 Å². The summed E-state index contributed by atoms with van der Waals surface area (Å²) in [5.41, 5.74) is 4.87. The van der Waals surface area contributed by atoms with Gasteiger partial charge in [-0.25, -0.2) is 4.39 Å². The van der Waals surface area contributed by atoms with Gasteiger partial charge in [0.05, 0.1) is 12.2 Å². The van der Waals surface area contributed by atoms with Gasteiger partial charge in [0.25, 0.3) is 0 Å². The molecule has 1 amide bonds. The van der Waals surface area contributed by atoms with Crippen molar-refractivity contribution in [1.29, 1.82) is 0 Å². The van der Waals surface area contributed by atoms with Crippen molar-refractivity contribution >= 4 is 28.4 Å². The van der Waals surface area contributed by atoms with Crippen LogP contribution in [0.5, 0.6) is 0 Å². The van der Waals surface area contributed by atoms with Gasteiger partial charge >= 0.3 is 0 Å². The van der Waals surface area contributed by atoms with E-state index in [-0.39, 0.29) is 24.1 Å². The van der Waals surface area contributed by atoms with Crippen LogP contribution in [0.4, 0.5) is 4.39 Å². The van der Waals surface area contributed by atoms with E-state index in [1.54, 1.807) is 18.3 Å². The number of carbonyl (C=O) groups is 1. The van der Waals surface area contributed by atoms with Crippen LogP contribution >= 0.6 is 11.6 Å². The molecule has 4 nitrogen and oxygen atoms in total. The molecule has 2 heterocycles. The van der Waals surface area contributed by atoms with Crippen molar-refractivity contribution in [2.45, 2.75) is 25.4 Å². The first-order chi connectivity index (χ1) is 17.6. The van der Waals surface area contributed by atoms with Gasteiger partial charge in [-0.15, -0.1) is 0 Å². The average Bonchev–Trinajstić information content (AvgIpc) is 3.26. The summed E-state index contributed by atoms with van der Waals surface area (Å²) in [6.45, 7) is 0.962. The number of rotatable bonds is 8. The number of benzene rings is 3. The quantitative estimate of drug-likeness (QED) is 0.259. The monoisotopic (exact) mass is 497 g/mol. The molecule has 0 bridgehead atoms. The van der Waals surface area contributed by atoms with Gasteiger partial charge in [-0.05, 0) is 59.2 Å². The maximum Gasteiger partial charge on any atom is 0.221 e. The summed E-state index contributed by atoms with van der Waals surface area (Å²) in [5, 5.41) is 4.70. The van der Waals surface area contributed by atoms with E-state index in [2.05, 4.69) is 33.2 Å². The molecule has 6 heteroatoms. The number of halogens is 2. The van der Waals surface area contributed by atoms with Crippen LogP contribution in [-0.2, 0) is 17.9 Å². The zero-order chi connectivity index (χ0) is 24.9. The molecule has 3 aromatic carbocycles. The van der Waals surface area contributed by atoms with E-state index in [1.807, 2.05) is 54.6 Å². The van der Waals surface area contributed by atoms with E-state index >= 15 is 0 Å². The largest absolute Gasteiger partial charge is 0.350 e. The predicted molar refractivity (Wildman–Crippen MR) is 141 cm³/mol. The van der Waals surface area contributed by atoms with Gasteiger partial charge in [-0.3, -0.25) is 9.78 Å². The van der Waals surface area contributed by atoms with Crippen molar-refractivity contribution in [3.8, 4) is 0 Å². The minimum absolute atomic E-state index is 0.0685. The lowest BCUT2D eigenvalue weighted by molar-refractivity contribution is -0.121. The highest BCUT2D eigenvalue weighted by atomic mass is 35.5. The molecule has 0 aliphatic rings. The molecule has 0 aliphatic carbocycles. The number of nitrogens with zero attached hydrogens (tertiary/aromatic N) is 2. The van der Waals surface area contributed by atoms with Crippen LogP contribution in [0.3, 0.4) is 0 Å².